The van der Waals surface area contributed by atoms with Gasteiger partial charge < -0.3 is 19.7 Å². The Morgan fingerprint density at radius 2 is 2.31 bits per heavy atom. The molecule has 74 valence electrons. The van der Waals surface area contributed by atoms with Crippen LogP contribution in [0.15, 0.2) is 12.2 Å². The lowest BCUT2D eigenvalue weighted by molar-refractivity contribution is -0.306. The first-order valence-corrected chi connectivity index (χ1v) is 4.20. The Hall–Kier alpha value is -0.870. The van der Waals surface area contributed by atoms with Crippen molar-refractivity contribution in [2.75, 3.05) is 13.7 Å². The molecular formula is C9H13O4-. The Kier molecular flexibility index (Phi) is 3.45. The molecule has 0 heterocycles. The Morgan fingerprint density at radius 3 is 2.85 bits per heavy atom. The summed E-state index contributed by atoms with van der Waals surface area (Å²) < 4.78 is 4.89. The second-order valence-corrected chi connectivity index (χ2v) is 3.23. The van der Waals surface area contributed by atoms with Gasteiger partial charge in [0.25, 0.3) is 0 Å². The van der Waals surface area contributed by atoms with E-state index in [9.17, 15) is 15.0 Å². The first-order valence-electron chi connectivity index (χ1n) is 4.20. The predicted molar refractivity (Wildman–Crippen MR) is 43.6 cm³/mol. The van der Waals surface area contributed by atoms with Crippen molar-refractivity contribution in [3.8, 4) is 0 Å². The van der Waals surface area contributed by atoms with Crippen LogP contribution >= 0.6 is 0 Å². The molecule has 0 saturated heterocycles. The number of aliphatic hydroxyl groups is 1. The largest absolute Gasteiger partial charge is 0.550 e. The average Bonchev–Trinajstić information content (AvgIpc) is 2.35. The number of carbonyl (C=O) groups is 1. The lowest BCUT2D eigenvalue weighted by Crippen LogP contribution is -2.31. The van der Waals surface area contributed by atoms with Gasteiger partial charge in [-0.2, -0.15) is 0 Å². The molecule has 0 saturated carbocycles. The van der Waals surface area contributed by atoms with E-state index in [0.717, 1.165) is 0 Å². The summed E-state index contributed by atoms with van der Waals surface area (Å²) in [6, 6.07) is 0. The minimum absolute atomic E-state index is 0.0540. The van der Waals surface area contributed by atoms with Crippen LogP contribution in [0.2, 0.25) is 0 Å². The first-order chi connectivity index (χ1) is 6.15. The third kappa shape index (κ3) is 2.54. The fourth-order valence-electron chi connectivity index (χ4n) is 1.62. The van der Waals surface area contributed by atoms with Gasteiger partial charge >= 0.3 is 0 Å². The van der Waals surface area contributed by atoms with Crippen LogP contribution in [0.5, 0.6) is 0 Å². The van der Waals surface area contributed by atoms with Crippen LogP contribution in [0.4, 0.5) is 0 Å². The van der Waals surface area contributed by atoms with E-state index in [4.69, 9.17) is 4.74 Å². The summed E-state index contributed by atoms with van der Waals surface area (Å²) in [5, 5.41) is 19.8. The summed E-state index contributed by atoms with van der Waals surface area (Å²) in [5.41, 5.74) is 0. The van der Waals surface area contributed by atoms with Crippen LogP contribution in [0.25, 0.3) is 0 Å². The Morgan fingerprint density at radius 1 is 1.62 bits per heavy atom. The first kappa shape index (κ1) is 10.2. The number of rotatable bonds is 4. The number of carboxylic acids is 1. The molecule has 1 aliphatic carbocycles. The van der Waals surface area contributed by atoms with Crippen molar-refractivity contribution in [2.45, 2.75) is 12.5 Å². The highest BCUT2D eigenvalue weighted by Gasteiger charge is 2.29. The van der Waals surface area contributed by atoms with E-state index in [1.165, 1.54) is 7.11 Å². The summed E-state index contributed by atoms with van der Waals surface area (Å²) in [6.07, 6.45) is 2.67. The van der Waals surface area contributed by atoms with Crippen LogP contribution in [-0.4, -0.2) is 30.9 Å². The summed E-state index contributed by atoms with van der Waals surface area (Å²) in [7, 11) is 1.53. The molecule has 1 rings (SSSR count). The Balaban J connectivity index is 2.52. The Bertz CT molecular complexity index is 212. The normalized spacial score (nSPS) is 32.3. The van der Waals surface area contributed by atoms with Crippen LogP contribution in [-0.2, 0) is 9.53 Å². The van der Waals surface area contributed by atoms with Gasteiger partial charge in [-0.15, -0.1) is 0 Å². The molecule has 0 aromatic rings. The van der Waals surface area contributed by atoms with Crippen molar-refractivity contribution < 1.29 is 19.7 Å². The lowest BCUT2D eigenvalue weighted by Gasteiger charge is -2.21. The van der Waals surface area contributed by atoms with Crippen molar-refractivity contribution in [3.05, 3.63) is 12.2 Å². The van der Waals surface area contributed by atoms with E-state index < -0.39 is 12.1 Å². The molecule has 0 spiro atoms. The molecular weight excluding hydrogens is 172 g/mol. The van der Waals surface area contributed by atoms with E-state index in [2.05, 4.69) is 0 Å². The van der Waals surface area contributed by atoms with Crippen LogP contribution < -0.4 is 5.11 Å². The van der Waals surface area contributed by atoms with Gasteiger partial charge in [0, 0.05) is 19.0 Å². The number of hydrogen-bond acceptors (Lipinski definition) is 4. The number of hydrogen-bond donors (Lipinski definition) is 1. The number of carboxylic acid groups (broad SMARTS) is 1. The molecule has 13 heavy (non-hydrogen) atoms. The van der Waals surface area contributed by atoms with Crippen LogP contribution in [0.1, 0.15) is 6.42 Å². The zero-order chi connectivity index (χ0) is 9.84. The molecule has 1 N–H and O–H groups in total. The standard InChI is InChI=1S/C9H14O4/c1-13-5-7-6(4-9(11)12)2-3-8(7)10/h2-3,6-8,10H,4-5H2,1H3,(H,11,12)/p-1/t6-,7-,8-/m0/s1. The number of aliphatic carboxylic acids is 1. The molecule has 0 aromatic carbocycles. The van der Waals surface area contributed by atoms with Crippen LogP contribution in [0, 0.1) is 11.8 Å². The van der Waals surface area contributed by atoms with E-state index in [1.807, 2.05) is 0 Å². The second kappa shape index (κ2) is 4.39. The van der Waals surface area contributed by atoms with Gasteiger partial charge in [-0.1, -0.05) is 12.2 Å². The minimum Gasteiger partial charge on any atom is -0.550 e. The molecule has 0 bridgehead atoms. The number of aliphatic hydroxyl groups excluding tert-OH is 1. The third-order valence-corrected chi connectivity index (χ3v) is 2.31. The molecule has 0 unspecified atom stereocenters. The zero-order valence-electron chi connectivity index (χ0n) is 7.47. The molecule has 3 atom stereocenters. The van der Waals surface area contributed by atoms with Gasteiger partial charge in [-0.3, -0.25) is 0 Å². The quantitative estimate of drug-likeness (QED) is 0.566. The van der Waals surface area contributed by atoms with E-state index in [0.29, 0.717) is 6.61 Å². The second-order valence-electron chi connectivity index (χ2n) is 3.23. The summed E-state index contributed by atoms with van der Waals surface area (Å²) in [4.78, 5) is 10.3. The molecule has 4 heteroatoms. The van der Waals surface area contributed by atoms with Crippen molar-refractivity contribution >= 4 is 5.97 Å². The van der Waals surface area contributed by atoms with E-state index in [1.54, 1.807) is 12.2 Å². The van der Waals surface area contributed by atoms with Crippen LogP contribution in [0.3, 0.4) is 0 Å². The van der Waals surface area contributed by atoms with E-state index in [-0.39, 0.29) is 18.3 Å². The molecule has 0 aromatic heterocycles. The Labute approximate surface area is 76.8 Å². The smallest absolute Gasteiger partial charge is 0.0776 e. The number of carbonyl (C=O) groups excluding carboxylic acids is 1. The third-order valence-electron chi connectivity index (χ3n) is 2.31. The molecule has 4 nitrogen and oxygen atoms in total. The SMILES string of the molecule is COC[C@@H]1[C@@H](O)C=C[C@H]1CC(=O)[O-]. The number of allylic oxidation sites excluding steroid dienone is 1. The highest BCUT2D eigenvalue weighted by molar-refractivity contribution is 5.65. The fourth-order valence-corrected chi connectivity index (χ4v) is 1.62. The fraction of sp³-hybridized carbons (Fsp3) is 0.667. The summed E-state index contributed by atoms with van der Waals surface area (Å²) in [6.45, 7) is 0.367. The van der Waals surface area contributed by atoms with E-state index >= 15 is 0 Å². The summed E-state index contributed by atoms with van der Waals surface area (Å²) in [5.74, 6) is -1.41. The van der Waals surface area contributed by atoms with Gasteiger partial charge in [0.05, 0.1) is 12.7 Å². The summed E-state index contributed by atoms with van der Waals surface area (Å²) >= 11 is 0. The van der Waals surface area contributed by atoms with Gasteiger partial charge in [-0.05, 0) is 12.3 Å². The number of ether oxygens (including phenoxy) is 1. The van der Waals surface area contributed by atoms with Gasteiger partial charge in [-0.25, -0.2) is 0 Å². The molecule has 0 amide bonds. The molecule has 1 aliphatic rings. The van der Waals surface area contributed by atoms with Crippen molar-refractivity contribution in [1.29, 1.82) is 0 Å². The van der Waals surface area contributed by atoms with Gasteiger partial charge in [0.1, 0.15) is 0 Å². The topological polar surface area (TPSA) is 69.6 Å². The molecule has 0 radical (unpaired) electrons. The highest BCUT2D eigenvalue weighted by Crippen LogP contribution is 2.28. The maximum atomic E-state index is 10.3. The number of methoxy groups -OCH3 is 1. The average molecular weight is 185 g/mol. The van der Waals surface area contributed by atoms with Crippen molar-refractivity contribution in [1.82, 2.24) is 0 Å². The molecule has 0 fully saturated rings. The molecule has 0 aliphatic heterocycles. The lowest BCUT2D eigenvalue weighted by atomic mass is 9.92. The van der Waals surface area contributed by atoms with Crippen molar-refractivity contribution in [2.24, 2.45) is 11.8 Å². The zero-order valence-corrected chi connectivity index (χ0v) is 7.47. The maximum absolute atomic E-state index is 10.3. The highest BCUT2D eigenvalue weighted by atomic mass is 16.5. The van der Waals surface area contributed by atoms with Crippen molar-refractivity contribution in [3.63, 3.8) is 0 Å². The maximum Gasteiger partial charge on any atom is 0.0776 e. The monoisotopic (exact) mass is 185 g/mol. The minimum atomic E-state index is -1.09. The van der Waals surface area contributed by atoms with Gasteiger partial charge in [0.15, 0.2) is 0 Å². The predicted octanol–water partition coefficient (Wildman–Crippen LogP) is -1.06. The van der Waals surface area contributed by atoms with Gasteiger partial charge in [0.2, 0.25) is 0 Å².